The topological polar surface area (TPSA) is 41.5 Å². The molecule has 4 heteroatoms. The van der Waals surface area contributed by atoms with Gasteiger partial charge >= 0.3 is 0 Å². The van der Waals surface area contributed by atoms with Crippen LogP contribution >= 0.6 is 15.9 Å². The van der Waals surface area contributed by atoms with E-state index in [1.165, 1.54) is 0 Å². The third kappa shape index (κ3) is 2.34. The van der Waals surface area contributed by atoms with Gasteiger partial charge in [-0.15, -0.1) is 0 Å². The lowest BCUT2D eigenvalue weighted by atomic mass is 9.68. The second-order valence-electron chi connectivity index (χ2n) is 6.23. The number of halogens is 1. The molecule has 1 N–H and O–H groups in total. The van der Waals surface area contributed by atoms with E-state index in [2.05, 4.69) is 40.3 Å². The van der Waals surface area contributed by atoms with Gasteiger partial charge in [0.05, 0.1) is 17.7 Å². The second kappa shape index (κ2) is 4.44. The first-order valence-corrected chi connectivity index (χ1v) is 7.37. The summed E-state index contributed by atoms with van der Waals surface area (Å²) < 4.78 is 1.04. The third-order valence-corrected chi connectivity index (χ3v) is 4.49. The molecule has 0 aromatic heterocycles. The van der Waals surface area contributed by atoms with Crippen molar-refractivity contribution >= 4 is 27.4 Å². The van der Waals surface area contributed by atoms with Gasteiger partial charge in [-0.3, -0.25) is 4.79 Å². The maximum absolute atomic E-state index is 12.4. The fourth-order valence-electron chi connectivity index (χ4n) is 3.14. The second-order valence-corrected chi connectivity index (χ2v) is 7.14. The first kappa shape index (κ1) is 12.9. The highest BCUT2D eigenvalue weighted by Gasteiger charge is 2.46. The van der Waals surface area contributed by atoms with Gasteiger partial charge in [0, 0.05) is 10.9 Å². The van der Waals surface area contributed by atoms with Crippen molar-refractivity contribution in [1.29, 1.82) is 0 Å². The van der Waals surface area contributed by atoms with Crippen LogP contribution in [0.25, 0.3) is 0 Å². The summed E-state index contributed by atoms with van der Waals surface area (Å²) in [6, 6.07) is 8.17. The van der Waals surface area contributed by atoms with E-state index in [1.54, 1.807) is 0 Å². The molecule has 0 radical (unpaired) electrons. The van der Waals surface area contributed by atoms with E-state index in [1.807, 2.05) is 24.3 Å². The predicted octanol–water partition coefficient (Wildman–Crippen LogP) is 3.13. The van der Waals surface area contributed by atoms with Gasteiger partial charge < -0.3 is 5.43 Å². The standard InChI is InChI=1S/C15H17BrN2O/c1-15(2)7-11-13(12(19)8-15)14(18-17-11)9-3-5-10(16)6-4-9/h3-6,11,13,17H,7-8H2,1-2H3/t11-,13+/m1/s1. The van der Waals surface area contributed by atoms with E-state index < -0.39 is 0 Å². The Morgan fingerprint density at radius 2 is 2.00 bits per heavy atom. The Kier molecular flexibility index (Phi) is 3.01. The van der Waals surface area contributed by atoms with Crippen molar-refractivity contribution in [2.24, 2.45) is 16.4 Å². The molecule has 0 amide bonds. The van der Waals surface area contributed by atoms with Gasteiger partial charge in [-0.05, 0) is 29.5 Å². The van der Waals surface area contributed by atoms with Crippen LogP contribution in [0.4, 0.5) is 0 Å². The minimum Gasteiger partial charge on any atom is -0.306 e. The molecule has 1 aromatic carbocycles. The van der Waals surface area contributed by atoms with E-state index in [-0.39, 0.29) is 17.4 Å². The highest BCUT2D eigenvalue weighted by molar-refractivity contribution is 9.10. The van der Waals surface area contributed by atoms with Crippen molar-refractivity contribution in [1.82, 2.24) is 5.43 Å². The normalized spacial score (nSPS) is 28.6. The summed E-state index contributed by atoms with van der Waals surface area (Å²) in [5, 5.41) is 4.43. The average Bonchev–Trinajstić information content (AvgIpc) is 2.72. The maximum Gasteiger partial charge on any atom is 0.144 e. The number of Topliss-reactive ketones (excluding diaryl/α,β-unsaturated/α-hetero) is 1. The molecule has 2 aliphatic rings. The van der Waals surface area contributed by atoms with Gasteiger partial charge in [0.25, 0.3) is 0 Å². The smallest absolute Gasteiger partial charge is 0.144 e. The molecule has 0 bridgehead atoms. The number of ketones is 1. The number of hydrogen-bond donors (Lipinski definition) is 1. The monoisotopic (exact) mass is 320 g/mol. The average molecular weight is 321 g/mol. The van der Waals surface area contributed by atoms with Crippen LogP contribution in [0.2, 0.25) is 0 Å². The van der Waals surface area contributed by atoms with Crippen LogP contribution in [0, 0.1) is 11.3 Å². The summed E-state index contributed by atoms with van der Waals surface area (Å²) in [6.45, 7) is 4.31. The van der Waals surface area contributed by atoms with Crippen LogP contribution in [0.5, 0.6) is 0 Å². The number of nitrogens with one attached hydrogen (secondary N) is 1. The zero-order valence-corrected chi connectivity index (χ0v) is 12.7. The number of nitrogens with zero attached hydrogens (tertiary/aromatic N) is 1. The largest absolute Gasteiger partial charge is 0.306 e. The zero-order valence-electron chi connectivity index (χ0n) is 11.1. The van der Waals surface area contributed by atoms with Crippen molar-refractivity contribution in [2.75, 3.05) is 0 Å². The van der Waals surface area contributed by atoms with Crippen LogP contribution in [-0.2, 0) is 4.79 Å². The van der Waals surface area contributed by atoms with E-state index in [0.717, 1.165) is 22.2 Å². The lowest BCUT2D eigenvalue weighted by Gasteiger charge is -2.36. The molecule has 0 unspecified atom stereocenters. The molecule has 1 heterocycles. The summed E-state index contributed by atoms with van der Waals surface area (Å²) in [5.74, 6) is 0.238. The van der Waals surface area contributed by atoms with Crippen molar-refractivity contribution < 1.29 is 4.79 Å². The molecule has 1 aromatic rings. The van der Waals surface area contributed by atoms with Crippen LogP contribution in [0.3, 0.4) is 0 Å². The molecule has 19 heavy (non-hydrogen) atoms. The molecule has 100 valence electrons. The molecule has 2 atom stereocenters. The van der Waals surface area contributed by atoms with E-state index in [4.69, 9.17) is 0 Å². The van der Waals surface area contributed by atoms with Crippen molar-refractivity contribution in [2.45, 2.75) is 32.7 Å². The number of hydrazone groups is 1. The van der Waals surface area contributed by atoms with Crippen molar-refractivity contribution in [3.63, 3.8) is 0 Å². The molecule has 1 aliphatic carbocycles. The molecule has 0 spiro atoms. The van der Waals surface area contributed by atoms with Gasteiger partial charge in [0.2, 0.25) is 0 Å². The first-order valence-electron chi connectivity index (χ1n) is 6.58. The molecule has 0 saturated heterocycles. The fraction of sp³-hybridized carbons (Fsp3) is 0.467. The molecule has 1 saturated carbocycles. The van der Waals surface area contributed by atoms with Crippen LogP contribution in [0.1, 0.15) is 32.3 Å². The van der Waals surface area contributed by atoms with Crippen LogP contribution in [-0.4, -0.2) is 17.5 Å². The predicted molar refractivity (Wildman–Crippen MR) is 79.1 cm³/mol. The number of benzene rings is 1. The van der Waals surface area contributed by atoms with Crippen LogP contribution < -0.4 is 5.43 Å². The van der Waals surface area contributed by atoms with Gasteiger partial charge in [-0.2, -0.15) is 5.10 Å². The Labute approximate surface area is 121 Å². The van der Waals surface area contributed by atoms with Crippen LogP contribution in [0.15, 0.2) is 33.8 Å². The molecular weight excluding hydrogens is 304 g/mol. The highest BCUT2D eigenvalue weighted by Crippen LogP contribution is 2.39. The molecule has 3 rings (SSSR count). The Hall–Kier alpha value is -1.16. The molecule has 1 aliphatic heterocycles. The molecule has 3 nitrogen and oxygen atoms in total. The van der Waals surface area contributed by atoms with E-state index >= 15 is 0 Å². The molecular formula is C15H17BrN2O. The van der Waals surface area contributed by atoms with Gasteiger partial charge in [-0.1, -0.05) is 41.9 Å². The number of carbonyl (C=O) groups excluding carboxylic acids is 1. The number of rotatable bonds is 1. The Balaban J connectivity index is 1.90. The lowest BCUT2D eigenvalue weighted by Crippen LogP contribution is -2.45. The summed E-state index contributed by atoms with van der Waals surface area (Å²) in [7, 11) is 0. The van der Waals surface area contributed by atoms with E-state index in [0.29, 0.717) is 12.2 Å². The highest BCUT2D eigenvalue weighted by atomic mass is 79.9. The maximum atomic E-state index is 12.4. The van der Waals surface area contributed by atoms with Crippen molar-refractivity contribution in [3.05, 3.63) is 34.3 Å². The summed E-state index contributed by atoms with van der Waals surface area (Å²) >= 11 is 3.43. The number of carbonyl (C=O) groups is 1. The summed E-state index contributed by atoms with van der Waals surface area (Å²) in [4.78, 5) is 12.4. The quantitative estimate of drug-likeness (QED) is 0.863. The number of hydrogen-bond acceptors (Lipinski definition) is 3. The summed E-state index contributed by atoms with van der Waals surface area (Å²) in [5.41, 5.74) is 5.18. The Bertz CT molecular complexity index is 548. The fourth-order valence-corrected chi connectivity index (χ4v) is 3.41. The minimum atomic E-state index is -0.0748. The zero-order chi connectivity index (χ0) is 13.6. The van der Waals surface area contributed by atoms with Gasteiger partial charge in [-0.25, -0.2) is 0 Å². The Morgan fingerprint density at radius 1 is 1.32 bits per heavy atom. The lowest BCUT2D eigenvalue weighted by molar-refractivity contribution is -0.126. The first-order chi connectivity index (χ1) is 8.96. The third-order valence-electron chi connectivity index (χ3n) is 3.96. The molecule has 1 fully saturated rings. The van der Waals surface area contributed by atoms with Gasteiger partial charge in [0.1, 0.15) is 5.78 Å². The van der Waals surface area contributed by atoms with Gasteiger partial charge in [0.15, 0.2) is 0 Å². The summed E-state index contributed by atoms with van der Waals surface area (Å²) in [6.07, 6.45) is 1.64. The minimum absolute atomic E-state index is 0.0748. The van der Waals surface area contributed by atoms with E-state index in [9.17, 15) is 4.79 Å². The van der Waals surface area contributed by atoms with Crippen molar-refractivity contribution in [3.8, 4) is 0 Å². The SMILES string of the molecule is CC1(C)CC(=O)[C@H]2C(c3ccc(Br)cc3)=NN[C@@H]2C1. The Morgan fingerprint density at radius 3 is 2.68 bits per heavy atom. The number of fused-ring (bicyclic) bond motifs is 1.